The third-order valence-electron chi connectivity index (χ3n) is 2.24. The standard InChI is InChI=1S/C8H7ClF3N3O2S2/c1-14(4-8(10,11)12)19(16,17)6-5(9)13-7-15(6)2-3-18-7/h2-3H,4H2,1H3. The van der Waals surface area contributed by atoms with Gasteiger partial charge in [0.05, 0.1) is 0 Å². The van der Waals surface area contributed by atoms with E-state index in [4.69, 9.17) is 11.6 Å². The highest BCUT2D eigenvalue weighted by molar-refractivity contribution is 7.89. The van der Waals surface area contributed by atoms with Crippen LogP contribution in [-0.2, 0) is 10.0 Å². The Morgan fingerprint density at radius 2 is 2.16 bits per heavy atom. The topological polar surface area (TPSA) is 54.7 Å². The number of hydrogen-bond acceptors (Lipinski definition) is 4. The van der Waals surface area contributed by atoms with E-state index >= 15 is 0 Å². The van der Waals surface area contributed by atoms with Crippen LogP contribution >= 0.6 is 22.9 Å². The smallest absolute Gasteiger partial charge is 0.279 e. The fourth-order valence-electron chi connectivity index (χ4n) is 1.45. The van der Waals surface area contributed by atoms with E-state index in [1.54, 1.807) is 5.38 Å². The minimum Gasteiger partial charge on any atom is -0.279 e. The fourth-order valence-corrected chi connectivity index (χ4v) is 4.01. The van der Waals surface area contributed by atoms with Gasteiger partial charge in [-0.2, -0.15) is 17.5 Å². The maximum Gasteiger partial charge on any atom is 0.402 e. The number of halogens is 4. The average Bonchev–Trinajstić information content (AvgIpc) is 2.73. The van der Waals surface area contributed by atoms with Crippen molar-refractivity contribution >= 4 is 37.9 Å². The molecule has 2 aromatic rings. The van der Waals surface area contributed by atoms with Gasteiger partial charge in [-0.3, -0.25) is 4.40 Å². The highest BCUT2D eigenvalue weighted by atomic mass is 35.5. The molecule has 0 aliphatic heterocycles. The predicted octanol–water partition coefficient (Wildman–Crippen LogP) is 2.23. The normalized spacial score (nSPS) is 13.6. The summed E-state index contributed by atoms with van der Waals surface area (Å²) in [5.74, 6) is 0. The third-order valence-corrected chi connectivity index (χ3v) is 5.20. The molecule has 19 heavy (non-hydrogen) atoms. The van der Waals surface area contributed by atoms with E-state index in [0.29, 0.717) is 4.96 Å². The van der Waals surface area contributed by atoms with E-state index in [0.717, 1.165) is 22.8 Å². The summed E-state index contributed by atoms with van der Waals surface area (Å²) >= 11 is 6.82. The van der Waals surface area contributed by atoms with Gasteiger partial charge in [-0.15, -0.1) is 11.3 Å². The molecule has 2 rings (SSSR count). The summed E-state index contributed by atoms with van der Waals surface area (Å²) in [6.45, 7) is -1.59. The van der Waals surface area contributed by atoms with E-state index in [1.165, 1.54) is 6.20 Å². The first kappa shape index (κ1) is 14.6. The monoisotopic (exact) mass is 333 g/mol. The SMILES string of the molecule is CN(CC(F)(F)F)S(=O)(=O)c1c(Cl)nc2sccn12. The molecule has 0 bridgehead atoms. The predicted molar refractivity (Wildman–Crippen MR) is 63.9 cm³/mol. The van der Waals surface area contributed by atoms with Crippen molar-refractivity contribution in [2.45, 2.75) is 11.2 Å². The van der Waals surface area contributed by atoms with Crippen molar-refractivity contribution in [3.63, 3.8) is 0 Å². The van der Waals surface area contributed by atoms with Crippen molar-refractivity contribution in [1.29, 1.82) is 0 Å². The Balaban J connectivity index is 2.50. The summed E-state index contributed by atoms with van der Waals surface area (Å²) in [4.78, 5) is 4.07. The lowest BCUT2D eigenvalue weighted by atomic mass is 10.6. The van der Waals surface area contributed by atoms with Crippen LogP contribution in [0.1, 0.15) is 0 Å². The van der Waals surface area contributed by atoms with E-state index in [1.807, 2.05) is 0 Å². The maximum absolute atomic E-state index is 12.3. The Labute approximate surface area is 115 Å². The number of rotatable bonds is 3. The van der Waals surface area contributed by atoms with Crippen molar-refractivity contribution < 1.29 is 21.6 Å². The molecule has 0 fully saturated rings. The Morgan fingerprint density at radius 3 is 2.74 bits per heavy atom. The van der Waals surface area contributed by atoms with Crippen molar-refractivity contribution in [3.05, 3.63) is 16.7 Å². The number of nitrogens with zero attached hydrogens (tertiary/aromatic N) is 3. The van der Waals surface area contributed by atoms with E-state index in [2.05, 4.69) is 4.98 Å². The van der Waals surface area contributed by atoms with Gasteiger partial charge in [-0.05, 0) is 0 Å². The Hall–Kier alpha value is -0.840. The Bertz CT molecular complexity index is 706. The van der Waals surface area contributed by atoms with Crippen molar-refractivity contribution in [2.75, 3.05) is 13.6 Å². The lowest BCUT2D eigenvalue weighted by molar-refractivity contribution is -0.134. The van der Waals surface area contributed by atoms with Crippen LogP contribution in [0.15, 0.2) is 16.6 Å². The van der Waals surface area contributed by atoms with Gasteiger partial charge in [0.15, 0.2) is 15.1 Å². The molecule has 106 valence electrons. The molecule has 0 aliphatic carbocycles. The summed E-state index contributed by atoms with van der Waals surface area (Å²) in [6, 6.07) is 0. The van der Waals surface area contributed by atoms with Gasteiger partial charge in [0, 0.05) is 18.6 Å². The molecule has 0 radical (unpaired) electrons. The molecule has 2 heterocycles. The van der Waals surface area contributed by atoms with Crippen molar-refractivity contribution in [1.82, 2.24) is 13.7 Å². The zero-order valence-corrected chi connectivity index (χ0v) is 11.7. The molecular weight excluding hydrogens is 327 g/mol. The number of fused-ring (bicyclic) bond motifs is 1. The van der Waals surface area contributed by atoms with Crippen molar-refractivity contribution in [2.24, 2.45) is 0 Å². The zero-order chi connectivity index (χ0) is 14.4. The number of imidazole rings is 1. The molecule has 11 heteroatoms. The molecule has 5 nitrogen and oxygen atoms in total. The summed E-state index contributed by atoms with van der Waals surface area (Å²) < 4.78 is 62.3. The molecule has 0 spiro atoms. The third kappa shape index (κ3) is 2.71. The summed E-state index contributed by atoms with van der Waals surface area (Å²) in [5.41, 5.74) is 0. The van der Waals surface area contributed by atoms with Crippen LogP contribution in [0.4, 0.5) is 13.2 Å². The minimum absolute atomic E-state index is 0.194. The first-order valence-corrected chi connectivity index (χ1v) is 7.47. The number of sulfonamides is 1. The van der Waals surface area contributed by atoms with Crippen LogP contribution in [0.5, 0.6) is 0 Å². The first-order chi connectivity index (χ1) is 8.63. The summed E-state index contributed by atoms with van der Waals surface area (Å²) in [6.07, 6.45) is -3.25. The Morgan fingerprint density at radius 1 is 1.53 bits per heavy atom. The minimum atomic E-state index is -4.63. The van der Waals surface area contributed by atoms with Crippen LogP contribution in [-0.4, -0.2) is 41.9 Å². The van der Waals surface area contributed by atoms with Crippen LogP contribution in [0, 0.1) is 0 Å². The number of thiazole rings is 1. The largest absolute Gasteiger partial charge is 0.402 e. The molecule has 2 aromatic heterocycles. The summed E-state index contributed by atoms with van der Waals surface area (Å²) in [5, 5.41) is 0.750. The van der Waals surface area contributed by atoms with Gasteiger partial charge in [-0.25, -0.2) is 13.4 Å². The molecule has 0 aromatic carbocycles. The van der Waals surface area contributed by atoms with Crippen molar-refractivity contribution in [3.8, 4) is 0 Å². The molecule has 0 N–H and O–H groups in total. The van der Waals surface area contributed by atoms with Gasteiger partial charge in [0.2, 0.25) is 0 Å². The zero-order valence-electron chi connectivity index (χ0n) is 9.35. The van der Waals surface area contributed by atoms with E-state index in [-0.39, 0.29) is 9.46 Å². The summed E-state index contributed by atoms with van der Waals surface area (Å²) in [7, 11) is -3.53. The second kappa shape index (κ2) is 4.62. The van der Waals surface area contributed by atoms with Crippen LogP contribution in [0.2, 0.25) is 5.15 Å². The number of alkyl halides is 3. The highest BCUT2D eigenvalue weighted by Gasteiger charge is 2.37. The average molecular weight is 334 g/mol. The lowest BCUT2D eigenvalue weighted by Crippen LogP contribution is -2.36. The molecular formula is C8H7ClF3N3O2S2. The quantitative estimate of drug-likeness (QED) is 0.865. The van der Waals surface area contributed by atoms with E-state index < -0.39 is 27.8 Å². The number of hydrogen-bond donors (Lipinski definition) is 0. The molecule has 0 unspecified atom stereocenters. The van der Waals surface area contributed by atoms with Gasteiger partial charge in [0.1, 0.15) is 6.54 Å². The molecule has 0 saturated carbocycles. The van der Waals surface area contributed by atoms with Gasteiger partial charge in [-0.1, -0.05) is 11.6 Å². The first-order valence-electron chi connectivity index (χ1n) is 4.77. The molecule has 0 aliphatic rings. The fraction of sp³-hybridized carbons (Fsp3) is 0.375. The van der Waals surface area contributed by atoms with Gasteiger partial charge >= 0.3 is 6.18 Å². The number of aromatic nitrogens is 2. The molecule has 0 atom stereocenters. The van der Waals surface area contributed by atoms with Gasteiger partial charge in [0.25, 0.3) is 10.0 Å². The second-order valence-electron chi connectivity index (χ2n) is 3.64. The van der Waals surface area contributed by atoms with E-state index in [9.17, 15) is 21.6 Å². The lowest BCUT2D eigenvalue weighted by Gasteiger charge is -2.18. The maximum atomic E-state index is 12.3. The second-order valence-corrected chi connectivity index (χ2v) is 6.83. The molecule has 0 saturated heterocycles. The van der Waals surface area contributed by atoms with Crippen LogP contribution < -0.4 is 0 Å². The highest BCUT2D eigenvalue weighted by Crippen LogP contribution is 2.28. The van der Waals surface area contributed by atoms with Crippen LogP contribution in [0.25, 0.3) is 4.96 Å². The van der Waals surface area contributed by atoms with Crippen LogP contribution in [0.3, 0.4) is 0 Å². The van der Waals surface area contributed by atoms with Gasteiger partial charge < -0.3 is 0 Å². The Kier molecular flexibility index (Phi) is 3.54. The molecule has 0 amide bonds.